The first-order valence-corrected chi connectivity index (χ1v) is 15.5. The van der Waals surface area contributed by atoms with Crippen molar-refractivity contribution in [2.24, 2.45) is 0 Å². The third-order valence-electron chi connectivity index (χ3n) is 9.48. The van der Waals surface area contributed by atoms with Crippen molar-refractivity contribution in [2.75, 3.05) is 7.11 Å². The fourth-order valence-electron chi connectivity index (χ4n) is 6.67. The van der Waals surface area contributed by atoms with Crippen LogP contribution in [0.4, 0.5) is 0 Å². The summed E-state index contributed by atoms with van der Waals surface area (Å²) in [4.78, 5) is 4.66. The molecular weight excluding hydrogens is 675 g/mol. The van der Waals surface area contributed by atoms with Gasteiger partial charge in [-0.3, -0.25) is 4.68 Å². The quantitative estimate of drug-likeness (QED) is 0.127. The summed E-state index contributed by atoms with van der Waals surface area (Å²) >= 11 is 0. The van der Waals surface area contributed by atoms with Gasteiger partial charge in [0.2, 0.25) is 0 Å². The van der Waals surface area contributed by atoms with Crippen molar-refractivity contribution < 1.29 is 29.9 Å². The van der Waals surface area contributed by atoms with E-state index in [1.165, 1.54) is 38.9 Å². The molecule has 0 aliphatic rings. The number of hydrogen-bond acceptors (Lipinski definition) is 4. The van der Waals surface area contributed by atoms with Gasteiger partial charge in [-0.25, -0.2) is 4.98 Å². The predicted molar refractivity (Wildman–Crippen MR) is 185 cm³/mol. The Morgan fingerprint density at radius 3 is 2.13 bits per heavy atom. The van der Waals surface area contributed by atoms with Crippen molar-refractivity contribution in [3.8, 4) is 39.9 Å². The van der Waals surface area contributed by atoms with E-state index in [-0.39, 0.29) is 20.4 Å². The Hall–Kier alpha value is -4.70. The molecule has 3 aromatic heterocycles. The van der Waals surface area contributed by atoms with Crippen LogP contribution in [0, 0.1) is 60.6 Å². The zero-order chi connectivity index (χ0) is 32.3. The minimum atomic E-state index is 0. The van der Waals surface area contributed by atoms with Crippen molar-refractivity contribution in [1.82, 2.24) is 19.3 Å². The van der Waals surface area contributed by atoms with E-state index in [1.807, 2.05) is 53.2 Å². The molecule has 47 heavy (non-hydrogen) atoms. The number of hydrogen-bond donors (Lipinski definition) is 0. The second-order valence-electron chi connectivity index (χ2n) is 12.0. The Morgan fingerprint density at radius 2 is 1.38 bits per heavy atom. The Morgan fingerprint density at radius 1 is 0.681 bits per heavy atom. The summed E-state index contributed by atoms with van der Waals surface area (Å²) in [5.74, 6) is 2.65. The fourth-order valence-corrected chi connectivity index (χ4v) is 6.67. The summed E-state index contributed by atoms with van der Waals surface area (Å²) in [5, 5.41) is 7.17. The predicted octanol–water partition coefficient (Wildman–Crippen LogP) is 9.59. The first-order valence-electron chi connectivity index (χ1n) is 15.5. The SMILES string of the molecule is COc1ccnc(-n2c3[c-]c(Oc4[c-]c(-n5nc(C)c(-c6c(C)c(C)c(C)c(C)c6C)c5C)ccc4)ccc3c3ccccc32)c1.[Pd+2]. The number of rotatable bonds is 6. The number of aryl methyl sites for hydroxylation is 1. The first kappa shape index (κ1) is 32.3. The van der Waals surface area contributed by atoms with Crippen molar-refractivity contribution >= 4 is 21.8 Å². The third kappa shape index (κ3) is 5.34. The molecule has 0 radical (unpaired) electrons. The second-order valence-corrected chi connectivity index (χ2v) is 12.0. The van der Waals surface area contributed by atoms with E-state index in [1.54, 1.807) is 13.3 Å². The van der Waals surface area contributed by atoms with Crippen molar-refractivity contribution in [3.05, 3.63) is 124 Å². The standard InChI is InChI=1S/C40H36N4O2.Pd/c1-23-24(2)26(4)39(27(5)25(23)3)40-28(6)42-44(29(40)7)30-12-11-13-32(20-30)46-33-16-17-35-34-14-9-10-15-36(34)43(37(35)21-33)38-22-31(45-8)18-19-41-38;/h9-19,22H,1-8H3;/q-2;+2. The van der Waals surface area contributed by atoms with E-state index >= 15 is 0 Å². The molecule has 0 aliphatic heterocycles. The van der Waals surface area contributed by atoms with Crippen LogP contribution < -0.4 is 9.47 Å². The van der Waals surface area contributed by atoms with Crippen LogP contribution in [0.3, 0.4) is 0 Å². The average Bonchev–Trinajstić information content (AvgIpc) is 3.56. The molecule has 0 saturated carbocycles. The third-order valence-corrected chi connectivity index (χ3v) is 9.48. The molecule has 0 atom stereocenters. The minimum absolute atomic E-state index is 0. The van der Waals surface area contributed by atoms with Crippen LogP contribution in [0.15, 0.2) is 72.9 Å². The molecule has 0 aliphatic carbocycles. The van der Waals surface area contributed by atoms with Crippen molar-refractivity contribution in [3.63, 3.8) is 0 Å². The van der Waals surface area contributed by atoms with Crippen LogP contribution >= 0.6 is 0 Å². The maximum absolute atomic E-state index is 6.41. The molecule has 0 unspecified atom stereocenters. The largest absolute Gasteiger partial charge is 2.00 e. The summed E-state index contributed by atoms with van der Waals surface area (Å²) in [6.07, 6.45) is 1.75. The number of nitrogens with zero attached hydrogens (tertiary/aromatic N) is 4. The summed E-state index contributed by atoms with van der Waals surface area (Å²) in [7, 11) is 1.66. The molecule has 238 valence electrons. The molecule has 4 aromatic carbocycles. The molecule has 7 heteroatoms. The molecule has 7 aromatic rings. The van der Waals surface area contributed by atoms with Crippen LogP contribution in [-0.2, 0) is 20.4 Å². The van der Waals surface area contributed by atoms with Crippen molar-refractivity contribution in [1.29, 1.82) is 0 Å². The smallest absolute Gasteiger partial charge is 0.509 e. The molecule has 3 heterocycles. The zero-order valence-electron chi connectivity index (χ0n) is 27.8. The molecule has 0 spiro atoms. The molecular formula is C40H36N4O2Pd. The van der Waals surface area contributed by atoms with E-state index in [9.17, 15) is 0 Å². The van der Waals surface area contributed by atoms with Gasteiger partial charge in [-0.05, 0) is 105 Å². The average molecular weight is 711 g/mol. The van der Waals surface area contributed by atoms with Crippen LogP contribution in [-0.4, -0.2) is 26.4 Å². The van der Waals surface area contributed by atoms with Gasteiger partial charge in [0.1, 0.15) is 11.6 Å². The molecule has 0 N–H and O–H groups in total. The summed E-state index contributed by atoms with van der Waals surface area (Å²) < 4.78 is 16.0. The molecule has 6 nitrogen and oxygen atoms in total. The van der Waals surface area contributed by atoms with Gasteiger partial charge in [0.25, 0.3) is 0 Å². The Kier molecular flexibility index (Phi) is 8.57. The number of ether oxygens (including phenoxy) is 2. The molecule has 0 fully saturated rings. The first-order chi connectivity index (χ1) is 22.2. The molecule has 0 saturated heterocycles. The van der Waals surface area contributed by atoms with Gasteiger partial charge in [-0.15, -0.1) is 35.7 Å². The van der Waals surface area contributed by atoms with Crippen LogP contribution in [0.25, 0.3) is 44.4 Å². The van der Waals surface area contributed by atoms with E-state index in [2.05, 4.69) is 88.3 Å². The van der Waals surface area contributed by atoms with Crippen LogP contribution in [0.5, 0.6) is 17.2 Å². The van der Waals surface area contributed by atoms with Gasteiger partial charge in [0, 0.05) is 40.5 Å². The zero-order valence-corrected chi connectivity index (χ0v) is 29.4. The Labute approximate surface area is 289 Å². The normalized spacial score (nSPS) is 11.2. The van der Waals surface area contributed by atoms with E-state index in [0.29, 0.717) is 11.5 Å². The van der Waals surface area contributed by atoms with Gasteiger partial charge < -0.3 is 14.0 Å². The number of para-hydroxylation sites is 1. The summed E-state index contributed by atoms with van der Waals surface area (Å²) in [5.41, 5.74) is 13.9. The van der Waals surface area contributed by atoms with Gasteiger partial charge in [-0.2, -0.15) is 17.2 Å². The molecule has 0 amide bonds. The van der Waals surface area contributed by atoms with E-state index in [0.717, 1.165) is 50.4 Å². The number of benzene rings is 4. The minimum Gasteiger partial charge on any atom is -0.509 e. The van der Waals surface area contributed by atoms with Crippen molar-refractivity contribution in [2.45, 2.75) is 48.5 Å². The Bertz CT molecular complexity index is 2290. The number of aromatic nitrogens is 4. The van der Waals surface area contributed by atoms with Gasteiger partial charge in [-0.1, -0.05) is 23.7 Å². The van der Waals surface area contributed by atoms with E-state index < -0.39 is 0 Å². The van der Waals surface area contributed by atoms with Gasteiger partial charge in [0.15, 0.2) is 0 Å². The van der Waals surface area contributed by atoms with E-state index in [4.69, 9.17) is 14.6 Å². The van der Waals surface area contributed by atoms with Crippen LogP contribution in [0.1, 0.15) is 39.2 Å². The maximum atomic E-state index is 6.41. The fraction of sp³-hybridized carbons (Fsp3) is 0.200. The maximum Gasteiger partial charge on any atom is 2.00 e. The second kappa shape index (κ2) is 12.5. The molecule has 0 bridgehead atoms. The number of methoxy groups -OCH3 is 1. The number of pyridine rings is 1. The summed E-state index contributed by atoms with van der Waals surface area (Å²) in [6.45, 7) is 15.3. The monoisotopic (exact) mass is 710 g/mol. The van der Waals surface area contributed by atoms with Gasteiger partial charge >= 0.3 is 20.4 Å². The Balaban J connectivity index is 0.00000386. The summed E-state index contributed by atoms with van der Waals surface area (Å²) in [6, 6.07) is 29.0. The van der Waals surface area contributed by atoms with Gasteiger partial charge in [0.05, 0.1) is 12.8 Å². The topological polar surface area (TPSA) is 54.1 Å². The number of fused-ring (bicyclic) bond motifs is 3. The van der Waals surface area contributed by atoms with Crippen LogP contribution in [0.2, 0.25) is 0 Å². The molecule has 7 rings (SSSR count).